The third-order valence-electron chi connectivity index (χ3n) is 5.73. The van der Waals surface area contributed by atoms with Gasteiger partial charge in [-0.05, 0) is 29.8 Å². The predicted octanol–water partition coefficient (Wildman–Crippen LogP) is 3.59. The molecule has 6 heteroatoms. The molecule has 2 atom stereocenters. The summed E-state index contributed by atoms with van der Waals surface area (Å²) in [5, 5.41) is 0. The molecule has 0 unspecified atom stereocenters. The number of rotatable bonds is 6. The third-order valence-corrected chi connectivity index (χ3v) is 5.73. The van der Waals surface area contributed by atoms with Gasteiger partial charge in [-0.15, -0.1) is 0 Å². The first-order valence-corrected chi connectivity index (χ1v) is 9.99. The number of hydrogen-bond acceptors (Lipinski definition) is 5. The zero-order valence-corrected chi connectivity index (χ0v) is 16.1. The molecule has 2 saturated heterocycles. The van der Waals surface area contributed by atoms with Crippen molar-refractivity contribution in [2.45, 2.75) is 25.1 Å². The number of fused-ring (bicyclic) bond motifs is 1. The highest BCUT2D eigenvalue weighted by Gasteiger charge is 2.47. The molecule has 1 amide bonds. The summed E-state index contributed by atoms with van der Waals surface area (Å²) >= 11 is 0. The molecule has 29 heavy (non-hydrogen) atoms. The summed E-state index contributed by atoms with van der Waals surface area (Å²) in [5.74, 6) is 0.878. The first kappa shape index (κ1) is 17.9. The SMILES string of the molecule is O=C1O[C@@H]2CN(Cc3ccccc3-c3ccco3)C[C@@H]2N1CCc1ccccn1. The maximum Gasteiger partial charge on any atom is 0.410 e. The van der Waals surface area contributed by atoms with Crippen LogP contribution in [0.3, 0.4) is 0 Å². The van der Waals surface area contributed by atoms with E-state index in [4.69, 9.17) is 9.15 Å². The van der Waals surface area contributed by atoms with Gasteiger partial charge in [0.15, 0.2) is 0 Å². The van der Waals surface area contributed by atoms with Crippen LogP contribution in [-0.4, -0.2) is 52.7 Å². The van der Waals surface area contributed by atoms with Crippen LogP contribution < -0.4 is 0 Å². The van der Waals surface area contributed by atoms with Gasteiger partial charge in [-0.25, -0.2) is 4.79 Å². The molecule has 0 N–H and O–H groups in total. The van der Waals surface area contributed by atoms with Crippen LogP contribution in [0.2, 0.25) is 0 Å². The first-order valence-electron chi connectivity index (χ1n) is 9.99. The van der Waals surface area contributed by atoms with Crippen LogP contribution in [0.4, 0.5) is 4.79 Å². The average molecular weight is 389 g/mol. The van der Waals surface area contributed by atoms with Gasteiger partial charge in [0, 0.05) is 50.1 Å². The second-order valence-corrected chi connectivity index (χ2v) is 7.58. The highest BCUT2D eigenvalue weighted by atomic mass is 16.6. The first-order chi connectivity index (χ1) is 14.3. The predicted molar refractivity (Wildman–Crippen MR) is 108 cm³/mol. The number of aromatic nitrogens is 1. The molecular formula is C23H23N3O3. The minimum Gasteiger partial charge on any atom is -0.464 e. The summed E-state index contributed by atoms with van der Waals surface area (Å²) in [4.78, 5) is 20.9. The summed E-state index contributed by atoms with van der Waals surface area (Å²) in [6.45, 7) is 3.00. The molecule has 4 heterocycles. The van der Waals surface area contributed by atoms with Crippen LogP contribution in [0.25, 0.3) is 11.3 Å². The molecule has 2 fully saturated rings. The molecule has 0 radical (unpaired) electrons. The van der Waals surface area contributed by atoms with Gasteiger partial charge in [-0.1, -0.05) is 30.3 Å². The van der Waals surface area contributed by atoms with Gasteiger partial charge < -0.3 is 9.15 Å². The lowest BCUT2D eigenvalue weighted by atomic mass is 10.0. The van der Waals surface area contributed by atoms with Crippen molar-refractivity contribution in [3.05, 3.63) is 78.3 Å². The van der Waals surface area contributed by atoms with E-state index < -0.39 is 0 Å². The molecule has 3 aromatic rings. The van der Waals surface area contributed by atoms with Crippen LogP contribution in [0.5, 0.6) is 0 Å². The lowest BCUT2D eigenvalue weighted by Crippen LogP contribution is -2.39. The van der Waals surface area contributed by atoms with Crippen molar-refractivity contribution in [1.29, 1.82) is 0 Å². The van der Waals surface area contributed by atoms with Gasteiger partial charge >= 0.3 is 6.09 Å². The third kappa shape index (κ3) is 3.63. The van der Waals surface area contributed by atoms with Gasteiger partial charge in [0.25, 0.3) is 0 Å². The number of carbonyl (C=O) groups is 1. The Morgan fingerprint density at radius 1 is 1.03 bits per heavy atom. The Balaban J connectivity index is 1.26. The Labute approximate surface area is 169 Å². The molecule has 2 aliphatic rings. The average Bonchev–Trinajstić information content (AvgIpc) is 3.45. The summed E-state index contributed by atoms with van der Waals surface area (Å²) in [6, 6.07) is 18.2. The van der Waals surface area contributed by atoms with Gasteiger partial charge in [0.2, 0.25) is 0 Å². The van der Waals surface area contributed by atoms with E-state index in [-0.39, 0.29) is 18.2 Å². The maximum absolute atomic E-state index is 12.3. The number of amides is 1. The van der Waals surface area contributed by atoms with Crippen molar-refractivity contribution in [3.8, 4) is 11.3 Å². The highest BCUT2D eigenvalue weighted by Crippen LogP contribution is 2.30. The number of carbonyl (C=O) groups excluding carboxylic acids is 1. The molecule has 5 rings (SSSR count). The molecule has 0 bridgehead atoms. The van der Waals surface area contributed by atoms with E-state index in [1.807, 2.05) is 41.3 Å². The lowest BCUT2D eigenvalue weighted by molar-refractivity contribution is 0.120. The van der Waals surface area contributed by atoms with Crippen molar-refractivity contribution in [3.63, 3.8) is 0 Å². The van der Waals surface area contributed by atoms with Crippen molar-refractivity contribution in [2.75, 3.05) is 19.6 Å². The highest BCUT2D eigenvalue weighted by molar-refractivity contribution is 5.71. The van der Waals surface area contributed by atoms with E-state index in [1.165, 1.54) is 5.56 Å². The molecule has 2 aromatic heterocycles. The second-order valence-electron chi connectivity index (χ2n) is 7.58. The number of pyridine rings is 1. The van der Waals surface area contributed by atoms with Crippen molar-refractivity contribution >= 4 is 6.09 Å². The minimum atomic E-state index is -0.202. The Kier molecular flexibility index (Phi) is 4.77. The number of ether oxygens (including phenoxy) is 1. The van der Waals surface area contributed by atoms with Gasteiger partial charge in [-0.2, -0.15) is 0 Å². The summed E-state index contributed by atoms with van der Waals surface area (Å²) in [6.07, 6.45) is 3.95. The second kappa shape index (κ2) is 7.72. The van der Waals surface area contributed by atoms with Crippen molar-refractivity contribution in [2.24, 2.45) is 0 Å². The molecule has 0 saturated carbocycles. The van der Waals surface area contributed by atoms with Gasteiger partial charge in [-0.3, -0.25) is 14.8 Å². The van der Waals surface area contributed by atoms with Crippen LogP contribution in [-0.2, 0) is 17.7 Å². The van der Waals surface area contributed by atoms with Gasteiger partial charge in [0.1, 0.15) is 11.9 Å². The fourth-order valence-corrected chi connectivity index (χ4v) is 4.32. The largest absolute Gasteiger partial charge is 0.464 e. The normalized spacial score (nSPS) is 21.4. The maximum atomic E-state index is 12.3. The van der Waals surface area contributed by atoms with Crippen LogP contribution >= 0.6 is 0 Å². The van der Waals surface area contributed by atoms with E-state index in [0.29, 0.717) is 6.54 Å². The monoisotopic (exact) mass is 389 g/mol. The van der Waals surface area contributed by atoms with Crippen molar-refractivity contribution in [1.82, 2.24) is 14.8 Å². The molecule has 2 aliphatic heterocycles. The van der Waals surface area contributed by atoms with Crippen molar-refractivity contribution < 1.29 is 13.9 Å². The quantitative estimate of drug-likeness (QED) is 0.645. The standard InChI is InChI=1S/C23H23N3O3/c27-23-26(12-10-18-7-3-4-11-24-18)20-15-25(16-22(20)29-23)14-17-6-1-2-8-19(17)21-9-5-13-28-21/h1-9,11,13,20,22H,10,12,14-16H2/t20-,22+/m0/s1. The topological polar surface area (TPSA) is 58.8 Å². The molecule has 1 aromatic carbocycles. The zero-order valence-electron chi connectivity index (χ0n) is 16.1. The van der Waals surface area contributed by atoms with Crippen LogP contribution in [0, 0.1) is 0 Å². The number of nitrogens with zero attached hydrogens (tertiary/aromatic N) is 3. The summed E-state index contributed by atoms with van der Waals surface area (Å²) < 4.78 is 11.3. The number of hydrogen-bond donors (Lipinski definition) is 0. The van der Waals surface area contributed by atoms with E-state index in [9.17, 15) is 4.79 Å². The number of benzene rings is 1. The Morgan fingerprint density at radius 3 is 2.76 bits per heavy atom. The van der Waals surface area contributed by atoms with E-state index >= 15 is 0 Å². The minimum absolute atomic E-state index is 0.0676. The summed E-state index contributed by atoms with van der Waals surface area (Å²) in [5.41, 5.74) is 3.32. The Morgan fingerprint density at radius 2 is 1.93 bits per heavy atom. The molecular weight excluding hydrogens is 366 g/mol. The molecule has 148 valence electrons. The molecule has 0 spiro atoms. The Hall–Kier alpha value is -3.12. The number of furan rings is 1. The smallest absolute Gasteiger partial charge is 0.410 e. The fourth-order valence-electron chi connectivity index (χ4n) is 4.32. The lowest BCUT2D eigenvalue weighted by Gasteiger charge is -2.23. The van der Waals surface area contributed by atoms with Gasteiger partial charge in [0.05, 0.1) is 12.3 Å². The molecule has 6 nitrogen and oxygen atoms in total. The number of likely N-dealkylation sites (tertiary alicyclic amines) is 1. The van der Waals surface area contributed by atoms with E-state index in [2.05, 4.69) is 28.1 Å². The zero-order chi connectivity index (χ0) is 19.6. The van der Waals surface area contributed by atoms with Crippen LogP contribution in [0.15, 0.2) is 71.5 Å². The Bertz CT molecular complexity index is 974. The van der Waals surface area contributed by atoms with Crippen LogP contribution in [0.1, 0.15) is 11.3 Å². The van der Waals surface area contributed by atoms with E-state index in [1.54, 1.807) is 12.5 Å². The molecule has 0 aliphatic carbocycles. The van der Waals surface area contributed by atoms with E-state index in [0.717, 1.165) is 43.1 Å². The fraction of sp³-hybridized carbons (Fsp3) is 0.304. The summed E-state index contributed by atoms with van der Waals surface area (Å²) in [7, 11) is 0.